The van der Waals surface area contributed by atoms with Crippen molar-refractivity contribution in [2.75, 3.05) is 6.54 Å². The zero-order chi connectivity index (χ0) is 28.2. The van der Waals surface area contributed by atoms with Gasteiger partial charge in [0.25, 0.3) is 5.96 Å². The van der Waals surface area contributed by atoms with Crippen LogP contribution in [0.3, 0.4) is 0 Å². The molecule has 0 bridgehead atoms. The number of hydrogen-bond donors (Lipinski definition) is 4. The molecule has 39 heavy (non-hydrogen) atoms. The van der Waals surface area contributed by atoms with Gasteiger partial charge in [-0.25, -0.2) is 10.1 Å². The summed E-state index contributed by atoms with van der Waals surface area (Å²) in [4.78, 5) is 39.1. The lowest BCUT2D eigenvalue weighted by Crippen LogP contribution is -2.49. The van der Waals surface area contributed by atoms with E-state index in [0.717, 1.165) is 22.3 Å². The van der Waals surface area contributed by atoms with Crippen LogP contribution in [0.4, 0.5) is 0 Å². The van der Waals surface area contributed by atoms with Crippen LogP contribution in [0.5, 0.6) is 0 Å². The van der Waals surface area contributed by atoms with E-state index in [9.17, 15) is 19.7 Å². The summed E-state index contributed by atoms with van der Waals surface area (Å²) in [6.45, 7) is 0.722. The van der Waals surface area contributed by atoms with Crippen LogP contribution < -0.4 is 22.5 Å². The molecule has 0 aromatic heterocycles. The highest BCUT2D eigenvalue weighted by Crippen LogP contribution is 2.29. The van der Waals surface area contributed by atoms with Crippen molar-refractivity contribution in [2.24, 2.45) is 22.3 Å². The van der Waals surface area contributed by atoms with Crippen LogP contribution in [0.1, 0.15) is 41.0 Å². The highest BCUT2D eigenvalue weighted by Gasteiger charge is 2.34. The first-order valence-electron chi connectivity index (χ1n) is 12.5. The van der Waals surface area contributed by atoms with Crippen LogP contribution in [0.2, 0.25) is 0 Å². The second-order valence-corrected chi connectivity index (χ2v) is 8.95. The maximum atomic E-state index is 14.3. The zero-order valence-electron chi connectivity index (χ0n) is 21.5. The molecule has 7 N–H and O–H groups in total. The molecular weight excluding hydrogens is 498 g/mol. The number of rotatable bonds is 13. The Morgan fingerprint density at radius 2 is 1.44 bits per heavy atom. The third-order valence-corrected chi connectivity index (χ3v) is 6.26. The summed E-state index contributed by atoms with van der Waals surface area (Å²) in [5.74, 6) is -1.95. The van der Waals surface area contributed by atoms with E-state index in [1.54, 1.807) is 0 Å². The molecule has 0 unspecified atom stereocenters. The largest absolute Gasteiger partial charge is 0.368 e. The molecule has 11 nitrogen and oxygen atoms in total. The van der Waals surface area contributed by atoms with E-state index in [-0.39, 0.29) is 31.4 Å². The fourth-order valence-corrected chi connectivity index (χ4v) is 4.34. The number of nitrogens with two attached hydrogens (primary N) is 3. The Balaban J connectivity index is 1.95. The van der Waals surface area contributed by atoms with Gasteiger partial charge < -0.3 is 27.4 Å². The monoisotopic (exact) mass is 531 g/mol. The lowest BCUT2D eigenvalue weighted by atomic mass is 9.89. The van der Waals surface area contributed by atoms with Crippen molar-refractivity contribution in [2.45, 2.75) is 37.9 Å². The number of nitro groups is 1. The van der Waals surface area contributed by atoms with Gasteiger partial charge in [-0.15, -0.1) is 0 Å². The molecule has 0 spiro atoms. The smallest absolute Gasteiger partial charge is 0.266 e. The standard InChI is InChI=1S/C28H33N7O4/c29-18-20-13-15-21(16-14-20)19-34(24(26(30)36)12-7-17-32-28(31)33-35(38)39)27(37)25(22-8-3-1-4-9-22)23-10-5-2-6-11-23/h1-6,8-11,13-16,24-25H,7,12,17-19,29H2,(H2,30,36)(H3,31,32,33)/t24-/m1/s1. The summed E-state index contributed by atoms with van der Waals surface area (Å²) in [6.07, 6.45) is 0.551. The minimum atomic E-state index is -0.947. The van der Waals surface area contributed by atoms with Crippen LogP contribution in [0.15, 0.2) is 90.0 Å². The normalized spacial score (nSPS) is 12.1. The van der Waals surface area contributed by atoms with Gasteiger partial charge in [-0.3, -0.25) is 9.59 Å². The zero-order valence-corrected chi connectivity index (χ0v) is 21.5. The van der Waals surface area contributed by atoms with Crippen molar-refractivity contribution >= 4 is 17.8 Å². The van der Waals surface area contributed by atoms with Gasteiger partial charge in [-0.1, -0.05) is 84.9 Å². The molecule has 2 amide bonds. The summed E-state index contributed by atoms with van der Waals surface area (Å²) < 4.78 is 0. The van der Waals surface area contributed by atoms with Crippen LogP contribution >= 0.6 is 0 Å². The molecule has 204 valence electrons. The van der Waals surface area contributed by atoms with Crippen molar-refractivity contribution in [1.29, 1.82) is 0 Å². The second-order valence-electron chi connectivity index (χ2n) is 8.95. The predicted molar refractivity (Wildman–Crippen MR) is 148 cm³/mol. The molecule has 0 aliphatic rings. The van der Waals surface area contributed by atoms with E-state index in [1.165, 1.54) is 4.90 Å². The number of primary amides is 1. The topological polar surface area (TPSA) is 183 Å². The van der Waals surface area contributed by atoms with Gasteiger partial charge in [0.15, 0.2) is 5.03 Å². The number of amides is 2. The number of hydrazone groups is 1. The quantitative estimate of drug-likeness (QED) is 0.0855. The first-order chi connectivity index (χ1) is 18.8. The van der Waals surface area contributed by atoms with Crippen molar-refractivity contribution in [3.05, 3.63) is 117 Å². The van der Waals surface area contributed by atoms with Gasteiger partial charge in [-0.05, 0) is 35.1 Å². The predicted octanol–water partition coefficient (Wildman–Crippen LogP) is 2.04. The molecule has 0 radical (unpaired) electrons. The summed E-state index contributed by atoms with van der Waals surface area (Å²) in [6, 6.07) is 25.3. The first-order valence-corrected chi connectivity index (χ1v) is 12.5. The minimum absolute atomic E-state index is 0.145. The van der Waals surface area contributed by atoms with Gasteiger partial charge >= 0.3 is 0 Å². The molecular formula is C28H33N7O4. The number of nitrogens with zero attached hydrogens (tertiary/aromatic N) is 3. The van der Waals surface area contributed by atoms with Crippen molar-refractivity contribution in [3.63, 3.8) is 0 Å². The minimum Gasteiger partial charge on any atom is -0.368 e. The molecule has 0 aliphatic heterocycles. The van der Waals surface area contributed by atoms with Gasteiger partial charge in [-0.2, -0.15) is 0 Å². The second kappa shape index (κ2) is 14.2. The molecule has 0 saturated heterocycles. The fourth-order valence-electron chi connectivity index (χ4n) is 4.34. The van der Waals surface area contributed by atoms with Gasteiger partial charge in [0, 0.05) is 19.6 Å². The van der Waals surface area contributed by atoms with Gasteiger partial charge in [0.2, 0.25) is 11.8 Å². The Labute approximate surface area is 226 Å². The van der Waals surface area contributed by atoms with Crippen LogP contribution in [0.25, 0.3) is 0 Å². The van der Waals surface area contributed by atoms with Crippen molar-refractivity contribution in [3.8, 4) is 0 Å². The molecule has 0 heterocycles. The van der Waals surface area contributed by atoms with E-state index < -0.39 is 22.9 Å². The average Bonchev–Trinajstić information content (AvgIpc) is 2.93. The number of hydrogen-bond acceptors (Lipinski definition) is 5. The van der Waals surface area contributed by atoms with E-state index in [2.05, 4.69) is 10.4 Å². The average molecular weight is 532 g/mol. The summed E-state index contributed by atoms with van der Waals surface area (Å²) >= 11 is 0. The third-order valence-electron chi connectivity index (χ3n) is 6.26. The molecule has 3 aromatic rings. The first kappa shape index (κ1) is 28.8. The molecule has 3 rings (SSSR count). The number of carbonyl (C=O) groups excluding carboxylic acids is 2. The number of nitrogens with one attached hydrogen (secondary N) is 1. The Morgan fingerprint density at radius 1 is 0.897 bits per heavy atom. The van der Waals surface area contributed by atoms with Crippen LogP contribution in [-0.4, -0.2) is 40.3 Å². The highest BCUT2D eigenvalue weighted by molar-refractivity contribution is 5.92. The third kappa shape index (κ3) is 8.37. The molecule has 1 atom stereocenters. The summed E-state index contributed by atoms with van der Waals surface area (Å²) in [5.41, 5.74) is 20.4. The number of carbonyl (C=O) groups is 2. The molecule has 11 heteroatoms. The fraction of sp³-hybridized carbons (Fsp3) is 0.250. The van der Waals surface area contributed by atoms with E-state index in [0.29, 0.717) is 13.0 Å². The van der Waals surface area contributed by atoms with Crippen LogP contribution in [-0.2, 0) is 22.7 Å². The summed E-state index contributed by atoms with van der Waals surface area (Å²) in [5, 5.41) is 15.2. The van der Waals surface area contributed by atoms with Gasteiger partial charge in [0.05, 0.1) is 5.92 Å². The van der Waals surface area contributed by atoms with E-state index in [1.807, 2.05) is 84.9 Å². The van der Waals surface area contributed by atoms with E-state index in [4.69, 9.17) is 17.2 Å². The molecule has 0 saturated carbocycles. The maximum Gasteiger partial charge on any atom is 0.266 e. The van der Waals surface area contributed by atoms with Crippen molar-refractivity contribution < 1.29 is 14.6 Å². The Bertz CT molecular complexity index is 1230. The van der Waals surface area contributed by atoms with E-state index >= 15 is 0 Å². The molecule has 0 aliphatic carbocycles. The summed E-state index contributed by atoms with van der Waals surface area (Å²) in [7, 11) is 0. The Kier molecular flexibility index (Phi) is 10.5. The van der Waals surface area contributed by atoms with Crippen LogP contribution in [0, 0.1) is 10.1 Å². The maximum absolute atomic E-state index is 14.3. The lowest BCUT2D eigenvalue weighted by molar-refractivity contribution is -0.485. The SMILES string of the molecule is NCc1ccc(CN(C(=O)C(c2ccccc2)c2ccccc2)[C@H](CCCNC(N)=N[N+](=O)[O-])C(N)=O)cc1. The number of guanidine groups is 1. The number of benzene rings is 3. The Morgan fingerprint density at radius 3 is 1.92 bits per heavy atom. The highest BCUT2D eigenvalue weighted by atomic mass is 16.7. The van der Waals surface area contributed by atoms with Gasteiger partial charge in [0.1, 0.15) is 11.1 Å². The molecule has 3 aromatic carbocycles. The Hall–Kier alpha value is -4.77. The molecule has 0 fully saturated rings. The lowest BCUT2D eigenvalue weighted by Gasteiger charge is -2.33. The van der Waals surface area contributed by atoms with Crippen molar-refractivity contribution in [1.82, 2.24) is 10.2 Å².